The summed E-state index contributed by atoms with van der Waals surface area (Å²) in [7, 11) is 0. The van der Waals surface area contributed by atoms with Crippen molar-refractivity contribution in [2.75, 3.05) is 6.54 Å². The van der Waals surface area contributed by atoms with Crippen LogP contribution in [0, 0.1) is 0 Å². The number of hydrogen-bond donors (Lipinski definition) is 2. The molecule has 0 saturated carbocycles. The molecule has 1 atom stereocenters. The molecule has 1 aliphatic rings. The van der Waals surface area contributed by atoms with Crippen LogP contribution in [0.15, 0.2) is 0 Å². The van der Waals surface area contributed by atoms with Crippen LogP contribution in [0.4, 0.5) is 0 Å². The van der Waals surface area contributed by atoms with E-state index >= 15 is 0 Å². The van der Waals surface area contributed by atoms with E-state index in [4.69, 9.17) is 0 Å². The van der Waals surface area contributed by atoms with Crippen molar-refractivity contribution in [2.45, 2.75) is 58.4 Å². The van der Waals surface area contributed by atoms with E-state index in [0.29, 0.717) is 6.04 Å². The van der Waals surface area contributed by atoms with Crippen LogP contribution in [0.1, 0.15) is 52.4 Å². The molecule has 1 heterocycles. The zero-order chi connectivity index (χ0) is 9.52. The summed E-state index contributed by atoms with van der Waals surface area (Å²) in [5.41, 5.74) is 0. The summed E-state index contributed by atoms with van der Waals surface area (Å²) in [4.78, 5) is 3.48. The lowest BCUT2D eigenvalue weighted by Gasteiger charge is -2.08. The van der Waals surface area contributed by atoms with Crippen LogP contribution < -0.4 is 10.3 Å². The standard InChI is InChI=1S/C11H22N2/c1-3-7-10(2)13-11-8-5-4-6-9-12-11/h10H,3-9H2,1-2H3,(H,12,13)/p+1/t10-/m0/s1. The van der Waals surface area contributed by atoms with Crippen molar-refractivity contribution in [1.29, 1.82) is 0 Å². The summed E-state index contributed by atoms with van der Waals surface area (Å²) < 4.78 is 0. The summed E-state index contributed by atoms with van der Waals surface area (Å²) in [6, 6.07) is 0.630. The van der Waals surface area contributed by atoms with E-state index in [1.54, 1.807) is 0 Å². The molecule has 0 bridgehead atoms. The zero-order valence-electron chi connectivity index (χ0n) is 9.03. The van der Waals surface area contributed by atoms with Crippen molar-refractivity contribution < 1.29 is 4.99 Å². The van der Waals surface area contributed by atoms with Crippen molar-refractivity contribution in [3.63, 3.8) is 0 Å². The second-order valence-electron chi connectivity index (χ2n) is 4.05. The molecule has 0 amide bonds. The molecule has 2 N–H and O–H groups in total. The van der Waals surface area contributed by atoms with Crippen LogP contribution >= 0.6 is 0 Å². The third-order valence-electron chi connectivity index (χ3n) is 2.58. The Morgan fingerprint density at radius 3 is 3.00 bits per heavy atom. The summed E-state index contributed by atoms with van der Waals surface area (Å²) >= 11 is 0. The second kappa shape index (κ2) is 6.01. The Morgan fingerprint density at radius 2 is 2.23 bits per heavy atom. The van der Waals surface area contributed by atoms with Crippen molar-refractivity contribution in [1.82, 2.24) is 5.32 Å². The average Bonchev–Trinajstić information content (AvgIpc) is 2.33. The Balaban J connectivity index is 2.28. The molecular weight excluding hydrogens is 160 g/mol. The van der Waals surface area contributed by atoms with Gasteiger partial charge in [-0.05, 0) is 32.6 Å². The van der Waals surface area contributed by atoms with Gasteiger partial charge in [0.1, 0.15) is 0 Å². The Morgan fingerprint density at radius 1 is 1.38 bits per heavy atom. The molecule has 0 saturated heterocycles. The molecular formula is C11H23N2+. The summed E-state index contributed by atoms with van der Waals surface area (Å²) in [6.07, 6.45) is 7.79. The Labute approximate surface area is 81.8 Å². The van der Waals surface area contributed by atoms with Crippen LogP contribution in [0.3, 0.4) is 0 Å². The van der Waals surface area contributed by atoms with Gasteiger partial charge < -0.3 is 0 Å². The molecule has 0 spiro atoms. The lowest BCUT2D eigenvalue weighted by Crippen LogP contribution is -2.76. The van der Waals surface area contributed by atoms with Gasteiger partial charge in [0.2, 0.25) is 5.84 Å². The highest BCUT2D eigenvalue weighted by Crippen LogP contribution is 2.01. The molecule has 2 nitrogen and oxygen atoms in total. The van der Waals surface area contributed by atoms with Crippen LogP contribution in [-0.2, 0) is 0 Å². The van der Waals surface area contributed by atoms with Gasteiger partial charge in [0.05, 0.1) is 12.6 Å². The largest absolute Gasteiger partial charge is 0.279 e. The molecule has 76 valence electrons. The van der Waals surface area contributed by atoms with Crippen LogP contribution in [0.25, 0.3) is 0 Å². The minimum atomic E-state index is 0.630. The maximum Gasteiger partial charge on any atom is 0.242 e. The van der Waals surface area contributed by atoms with E-state index in [1.807, 2.05) is 0 Å². The molecule has 0 unspecified atom stereocenters. The number of amidine groups is 1. The predicted molar refractivity (Wildman–Crippen MR) is 56.8 cm³/mol. The molecule has 0 aliphatic carbocycles. The summed E-state index contributed by atoms with van der Waals surface area (Å²) in [5, 5.41) is 3.57. The lowest BCUT2D eigenvalue weighted by molar-refractivity contribution is -0.460. The smallest absolute Gasteiger partial charge is 0.242 e. The first-order valence-corrected chi connectivity index (χ1v) is 5.69. The monoisotopic (exact) mass is 183 g/mol. The van der Waals surface area contributed by atoms with Gasteiger partial charge >= 0.3 is 0 Å². The van der Waals surface area contributed by atoms with Gasteiger partial charge in [-0.25, -0.2) is 0 Å². The van der Waals surface area contributed by atoms with Crippen molar-refractivity contribution in [2.24, 2.45) is 0 Å². The molecule has 0 aromatic rings. The Bertz CT molecular complexity index is 163. The highest BCUT2D eigenvalue weighted by molar-refractivity contribution is 5.76. The third-order valence-corrected chi connectivity index (χ3v) is 2.58. The fourth-order valence-corrected chi connectivity index (χ4v) is 1.86. The van der Waals surface area contributed by atoms with E-state index in [9.17, 15) is 0 Å². The SMILES string of the molecule is CCC[C@H](C)NC1=[NH+]CCCCC1. The molecule has 1 aliphatic heterocycles. The number of nitrogens with one attached hydrogen (secondary N) is 2. The highest BCUT2D eigenvalue weighted by Gasteiger charge is 2.12. The maximum absolute atomic E-state index is 3.57. The predicted octanol–water partition coefficient (Wildman–Crippen LogP) is 0.818. The summed E-state index contributed by atoms with van der Waals surface area (Å²) in [6.45, 7) is 5.66. The van der Waals surface area contributed by atoms with Crippen molar-refractivity contribution >= 4 is 5.84 Å². The first-order valence-electron chi connectivity index (χ1n) is 5.69. The number of hydrogen-bond acceptors (Lipinski definition) is 1. The first kappa shape index (κ1) is 10.6. The van der Waals surface area contributed by atoms with Gasteiger partial charge in [-0.15, -0.1) is 0 Å². The maximum atomic E-state index is 3.57. The molecule has 1 rings (SSSR count). The van der Waals surface area contributed by atoms with Crippen LogP contribution in [0.2, 0.25) is 0 Å². The second-order valence-corrected chi connectivity index (χ2v) is 4.05. The molecule has 0 aromatic carbocycles. The Kier molecular flexibility index (Phi) is 4.87. The van der Waals surface area contributed by atoms with Gasteiger partial charge in [-0.3, -0.25) is 10.3 Å². The normalized spacial score (nSPS) is 20.3. The fourth-order valence-electron chi connectivity index (χ4n) is 1.86. The van der Waals surface area contributed by atoms with Gasteiger partial charge in [-0.1, -0.05) is 13.3 Å². The van der Waals surface area contributed by atoms with Gasteiger partial charge in [0.15, 0.2) is 0 Å². The van der Waals surface area contributed by atoms with Crippen LogP contribution in [0.5, 0.6) is 0 Å². The molecule has 0 fully saturated rings. The fraction of sp³-hybridized carbons (Fsp3) is 0.909. The van der Waals surface area contributed by atoms with Gasteiger partial charge in [-0.2, -0.15) is 0 Å². The van der Waals surface area contributed by atoms with E-state index < -0.39 is 0 Å². The third kappa shape index (κ3) is 4.30. The molecule has 13 heavy (non-hydrogen) atoms. The van der Waals surface area contributed by atoms with Crippen LogP contribution in [-0.4, -0.2) is 18.4 Å². The van der Waals surface area contributed by atoms with Crippen molar-refractivity contribution in [3.8, 4) is 0 Å². The van der Waals surface area contributed by atoms with Gasteiger partial charge in [0.25, 0.3) is 0 Å². The van der Waals surface area contributed by atoms with E-state index in [1.165, 1.54) is 44.4 Å². The first-order chi connectivity index (χ1) is 6.33. The van der Waals surface area contributed by atoms with Crippen molar-refractivity contribution in [3.05, 3.63) is 0 Å². The average molecular weight is 183 g/mol. The van der Waals surface area contributed by atoms with E-state index in [-0.39, 0.29) is 0 Å². The lowest BCUT2D eigenvalue weighted by atomic mass is 10.1. The van der Waals surface area contributed by atoms with E-state index in [0.717, 1.165) is 6.54 Å². The van der Waals surface area contributed by atoms with Gasteiger partial charge in [0, 0.05) is 6.42 Å². The Hall–Kier alpha value is -0.530. The molecule has 0 radical (unpaired) electrons. The van der Waals surface area contributed by atoms with E-state index in [2.05, 4.69) is 24.2 Å². The molecule has 0 aromatic heterocycles. The molecule has 2 heteroatoms. The highest BCUT2D eigenvalue weighted by atomic mass is 15.0. The topological polar surface area (TPSA) is 26.0 Å². The quantitative estimate of drug-likeness (QED) is 0.665. The minimum absolute atomic E-state index is 0.630. The summed E-state index contributed by atoms with van der Waals surface area (Å²) in [5.74, 6) is 1.37. The minimum Gasteiger partial charge on any atom is -0.279 e. The zero-order valence-corrected chi connectivity index (χ0v) is 9.03. The number of rotatable bonds is 3.